The lowest BCUT2D eigenvalue weighted by Gasteiger charge is -2.24. The van der Waals surface area contributed by atoms with E-state index < -0.39 is 0 Å². The van der Waals surface area contributed by atoms with Gasteiger partial charge in [0, 0.05) is 36.5 Å². The van der Waals surface area contributed by atoms with Crippen molar-refractivity contribution in [2.45, 2.75) is 13.5 Å². The Hall–Kier alpha value is -3.66. The summed E-state index contributed by atoms with van der Waals surface area (Å²) in [6.45, 7) is 3.87. The molecule has 0 aliphatic carbocycles. The van der Waals surface area contributed by atoms with Gasteiger partial charge in [0.15, 0.2) is 5.13 Å². The Bertz CT molecular complexity index is 1290. The third-order valence-corrected chi connectivity index (χ3v) is 6.12. The standard InChI is InChI=1S/C21H22N8OS/c1-11-17(24-2)27-20(22)28-18(11)29-5-6-30-16-4-3-12(7-14(16)10-29)13-8-15-19(25-9-13)31-21(23)26-15/h3-4,7-9H,5-6,10H2,1-2H3,(H2,23,26)(H3,22,24,27,28). The number of nitrogens with one attached hydrogen (secondary N) is 1. The molecule has 4 aromatic rings. The molecular formula is C21H22N8OS. The molecule has 0 saturated heterocycles. The van der Waals surface area contributed by atoms with Crippen LogP contribution in [0.5, 0.6) is 5.75 Å². The fourth-order valence-corrected chi connectivity index (χ4v) is 4.48. The third kappa shape index (κ3) is 3.55. The van der Waals surface area contributed by atoms with Gasteiger partial charge in [0.05, 0.1) is 6.54 Å². The van der Waals surface area contributed by atoms with Crippen LogP contribution in [0, 0.1) is 6.92 Å². The van der Waals surface area contributed by atoms with E-state index in [-0.39, 0.29) is 5.95 Å². The second kappa shape index (κ2) is 7.55. The summed E-state index contributed by atoms with van der Waals surface area (Å²) in [4.78, 5) is 20.7. The summed E-state index contributed by atoms with van der Waals surface area (Å²) in [7, 11) is 1.83. The van der Waals surface area contributed by atoms with Crippen molar-refractivity contribution in [2.75, 3.05) is 41.9 Å². The number of nitrogen functional groups attached to an aromatic ring is 2. The lowest BCUT2D eigenvalue weighted by Crippen LogP contribution is -2.27. The first-order valence-electron chi connectivity index (χ1n) is 9.87. The molecule has 31 heavy (non-hydrogen) atoms. The normalized spacial score (nSPS) is 13.5. The Balaban J connectivity index is 1.52. The van der Waals surface area contributed by atoms with Crippen LogP contribution in [0.2, 0.25) is 0 Å². The maximum Gasteiger partial charge on any atom is 0.223 e. The zero-order valence-corrected chi connectivity index (χ0v) is 18.0. The van der Waals surface area contributed by atoms with E-state index in [9.17, 15) is 0 Å². The number of hydrogen-bond acceptors (Lipinski definition) is 10. The van der Waals surface area contributed by atoms with Gasteiger partial charge in [-0.2, -0.15) is 9.97 Å². The molecule has 0 unspecified atom stereocenters. The zero-order valence-electron chi connectivity index (χ0n) is 17.2. The van der Waals surface area contributed by atoms with E-state index in [1.807, 2.05) is 38.4 Å². The molecule has 0 amide bonds. The van der Waals surface area contributed by atoms with Crippen LogP contribution in [0.3, 0.4) is 0 Å². The molecule has 0 atom stereocenters. The van der Waals surface area contributed by atoms with Gasteiger partial charge in [0.25, 0.3) is 0 Å². The minimum absolute atomic E-state index is 0.242. The van der Waals surface area contributed by atoms with Crippen LogP contribution in [0.1, 0.15) is 11.1 Å². The van der Waals surface area contributed by atoms with Crippen LogP contribution in [-0.4, -0.2) is 40.1 Å². The van der Waals surface area contributed by atoms with Crippen LogP contribution in [0.15, 0.2) is 30.5 Å². The second-order valence-corrected chi connectivity index (χ2v) is 8.33. The van der Waals surface area contributed by atoms with E-state index in [1.54, 1.807) is 0 Å². The van der Waals surface area contributed by atoms with Gasteiger partial charge in [-0.15, -0.1) is 0 Å². The Morgan fingerprint density at radius 3 is 2.84 bits per heavy atom. The van der Waals surface area contributed by atoms with Crippen LogP contribution in [0.25, 0.3) is 21.5 Å². The summed E-state index contributed by atoms with van der Waals surface area (Å²) in [5.41, 5.74) is 16.6. The number of hydrogen-bond donors (Lipinski definition) is 3. The number of nitrogens with two attached hydrogens (primary N) is 2. The van der Waals surface area contributed by atoms with Crippen molar-refractivity contribution in [2.24, 2.45) is 0 Å². The number of fused-ring (bicyclic) bond motifs is 2. The zero-order chi connectivity index (χ0) is 21.5. The maximum absolute atomic E-state index is 6.02. The van der Waals surface area contributed by atoms with E-state index in [1.165, 1.54) is 11.3 Å². The largest absolute Gasteiger partial charge is 0.491 e. The molecule has 4 heterocycles. The maximum atomic E-state index is 6.02. The third-order valence-electron chi connectivity index (χ3n) is 5.31. The van der Waals surface area contributed by atoms with Gasteiger partial charge in [-0.25, -0.2) is 9.97 Å². The molecule has 0 fully saturated rings. The molecule has 0 radical (unpaired) electrons. The topological polar surface area (TPSA) is 128 Å². The van der Waals surface area contributed by atoms with E-state index >= 15 is 0 Å². The number of rotatable bonds is 3. The van der Waals surface area contributed by atoms with Crippen LogP contribution in [0.4, 0.5) is 22.7 Å². The fourth-order valence-electron chi connectivity index (χ4n) is 3.83. The number of thiazole rings is 1. The van der Waals surface area contributed by atoms with Gasteiger partial charge in [-0.3, -0.25) is 0 Å². The molecule has 10 heteroatoms. The lowest BCUT2D eigenvalue weighted by atomic mass is 10.0. The SMILES string of the molecule is CNc1nc(N)nc(N2CCOc3ccc(-c4cnc5sc(N)nc5c4)cc3C2)c1C. The van der Waals surface area contributed by atoms with Gasteiger partial charge in [0.1, 0.15) is 34.3 Å². The van der Waals surface area contributed by atoms with E-state index in [4.69, 9.17) is 16.2 Å². The second-order valence-electron chi connectivity index (χ2n) is 7.32. The lowest BCUT2D eigenvalue weighted by molar-refractivity contribution is 0.331. The van der Waals surface area contributed by atoms with Crippen molar-refractivity contribution in [3.05, 3.63) is 41.6 Å². The molecule has 1 aromatic carbocycles. The Labute approximate surface area is 183 Å². The van der Waals surface area contributed by atoms with Gasteiger partial charge < -0.3 is 26.4 Å². The quantitative estimate of drug-likeness (QED) is 0.445. The van der Waals surface area contributed by atoms with Crippen molar-refractivity contribution in [1.29, 1.82) is 0 Å². The highest BCUT2D eigenvalue weighted by atomic mass is 32.1. The van der Waals surface area contributed by atoms with Crippen molar-refractivity contribution in [1.82, 2.24) is 19.9 Å². The van der Waals surface area contributed by atoms with Crippen molar-refractivity contribution in [3.8, 4) is 16.9 Å². The average Bonchev–Trinajstić information content (AvgIpc) is 3.00. The average molecular weight is 435 g/mol. The summed E-state index contributed by atoms with van der Waals surface area (Å²) >= 11 is 1.39. The molecule has 5 N–H and O–H groups in total. The Morgan fingerprint density at radius 2 is 2.00 bits per heavy atom. The van der Waals surface area contributed by atoms with Gasteiger partial charge in [-0.1, -0.05) is 17.4 Å². The highest BCUT2D eigenvalue weighted by molar-refractivity contribution is 7.21. The fraction of sp³-hybridized carbons (Fsp3) is 0.238. The summed E-state index contributed by atoms with van der Waals surface area (Å²) in [6.07, 6.45) is 1.85. The molecule has 0 spiro atoms. The number of benzene rings is 1. The number of pyridine rings is 1. The van der Waals surface area contributed by atoms with Crippen molar-refractivity contribution in [3.63, 3.8) is 0 Å². The monoisotopic (exact) mass is 434 g/mol. The number of anilines is 4. The van der Waals surface area contributed by atoms with E-state index in [2.05, 4.69) is 36.2 Å². The van der Waals surface area contributed by atoms with E-state index in [0.717, 1.165) is 50.0 Å². The van der Waals surface area contributed by atoms with Crippen LogP contribution >= 0.6 is 11.3 Å². The molecule has 0 saturated carbocycles. The first-order chi connectivity index (χ1) is 15.0. The number of nitrogens with zero attached hydrogens (tertiary/aromatic N) is 5. The van der Waals surface area contributed by atoms with Gasteiger partial charge in [0.2, 0.25) is 5.95 Å². The highest BCUT2D eigenvalue weighted by Crippen LogP contribution is 2.33. The van der Waals surface area contributed by atoms with Crippen molar-refractivity contribution >= 4 is 44.4 Å². The molecular weight excluding hydrogens is 412 g/mol. The first kappa shape index (κ1) is 19.3. The van der Waals surface area contributed by atoms with Crippen molar-refractivity contribution < 1.29 is 4.74 Å². The molecule has 1 aliphatic heterocycles. The van der Waals surface area contributed by atoms with Crippen LogP contribution in [-0.2, 0) is 6.54 Å². The molecule has 158 valence electrons. The molecule has 9 nitrogen and oxygen atoms in total. The molecule has 1 aliphatic rings. The molecule has 0 bridgehead atoms. The number of aromatic nitrogens is 4. The van der Waals surface area contributed by atoms with E-state index in [0.29, 0.717) is 24.8 Å². The summed E-state index contributed by atoms with van der Waals surface area (Å²) in [6, 6.07) is 8.19. The van der Waals surface area contributed by atoms with Gasteiger partial charge in [-0.05, 0) is 30.7 Å². The minimum Gasteiger partial charge on any atom is -0.491 e. The summed E-state index contributed by atoms with van der Waals surface area (Å²) in [5, 5.41) is 3.61. The summed E-state index contributed by atoms with van der Waals surface area (Å²) in [5.74, 6) is 2.64. The molecule has 5 rings (SSSR count). The summed E-state index contributed by atoms with van der Waals surface area (Å²) < 4.78 is 6.02. The smallest absolute Gasteiger partial charge is 0.223 e. The number of ether oxygens (including phenoxy) is 1. The van der Waals surface area contributed by atoms with Crippen LogP contribution < -0.4 is 26.4 Å². The first-order valence-corrected chi connectivity index (χ1v) is 10.7. The predicted octanol–water partition coefficient (Wildman–Crippen LogP) is 3.06. The molecule has 3 aromatic heterocycles. The minimum atomic E-state index is 0.242. The Morgan fingerprint density at radius 1 is 1.13 bits per heavy atom. The highest BCUT2D eigenvalue weighted by Gasteiger charge is 2.21. The Kier molecular flexibility index (Phi) is 4.70. The predicted molar refractivity (Wildman–Crippen MR) is 125 cm³/mol. The van der Waals surface area contributed by atoms with Gasteiger partial charge >= 0.3 is 0 Å².